The molecule has 0 aliphatic rings. The molecule has 0 fully saturated rings. The SMILES string of the molecule is NC(=O)NCCCCCc1nn[nH]n1. The van der Waals surface area contributed by atoms with E-state index in [1.165, 1.54) is 0 Å². The minimum absolute atomic E-state index is 0.469. The summed E-state index contributed by atoms with van der Waals surface area (Å²) >= 11 is 0. The molecular weight excluding hydrogens is 184 g/mol. The molecule has 0 aliphatic carbocycles. The summed E-state index contributed by atoms with van der Waals surface area (Å²) in [6.07, 6.45) is 3.72. The third kappa shape index (κ3) is 4.39. The minimum Gasteiger partial charge on any atom is -0.352 e. The number of nitrogens with zero attached hydrogens (tertiary/aromatic N) is 3. The van der Waals surface area contributed by atoms with E-state index in [-0.39, 0.29) is 0 Å². The quantitative estimate of drug-likeness (QED) is 0.539. The Morgan fingerprint density at radius 2 is 2.29 bits per heavy atom. The highest BCUT2D eigenvalue weighted by molar-refractivity contribution is 5.71. The van der Waals surface area contributed by atoms with Crippen LogP contribution in [0.25, 0.3) is 0 Å². The predicted molar refractivity (Wildman–Crippen MR) is 49.3 cm³/mol. The molecular formula is C7H14N6O. The summed E-state index contributed by atoms with van der Waals surface area (Å²) in [4.78, 5) is 10.3. The number of tetrazole rings is 1. The first-order chi connectivity index (χ1) is 6.79. The molecule has 0 spiro atoms. The monoisotopic (exact) mass is 198 g/mol. The van der Waals surface area contributed by atoms with Crippen molar-refractivity contribution in [3.05, 3.63) is 5.82 Å². The minimum atomic E-state index is -0.469. The number of nitrogens with two attached hydrogens (primary N) is 1. The number of urea groups is 1. The molecule has 0 aromatic carbocycles. The number of aromatic amines is 1. The Balaban J connectivity index is 1.92. The van der Waals surface area contributed by atoms with Crippen LogP contribution in [0.2, 0.25) is 0 Å². The van der Waals surface area contributed by atoms with Crippen LogP contribution in [0.15, 0.2) is 0 Å². The van der Waals surface area contributed by atoms with Gasteiger partial charge in [0.15, 0.2) is 5.82 Å². The number of hydrogen-bond donors (Lipinski definition) is 3. The summed E-state index contributed by atoms with van der Waals surface area (Å²) in [6, 6.07) is -0.469. The van der Waals surface area contributed by atoms with E-state index < -0.39 is 6.03 Å². The van der Waals surface area contributed by atoms with Crippen molar-refractivity contribution >= 4 is 6.03 Å². The van der Waals surface area contributed by atoms with Gasteiger partial charge in [-0.3, -0.25) is 0 Å². The summed E-state index contributed by atoms with van der Waals surface area (Å²) in [5.41, 5.74) is 4.90. The van der Waals surface area contributed by atoms with E-state index in [4.69, 9.17) is 5.73 Å². The first kappa shape index (κ1) is 10.4. The van der Waals surface area contributed by atoms with Crippen LogP contribution in [-0.2, 0) is 6.42 Å². The number of amides is 2. The molecule has 1 heterocycles. The largest absolute Gasteiger partial charge is 0.352 e. The van der Waals surface area contributed by atoms with Crippen molar-refractivity contribution in [3.8, 4) is 0 Å². The number of aromatic nitrogens is 4. The Hall–Kier alpha value is -1.66. The fourth-order valence-electron chi connectivity index (χ4n) is 1.08. The Morgan fingerprint density at radius 1 is 1.43 bits per heavy atom. The maximum atomic E-state index is 10.3. The fraction of sp³-hybridized carbons (Fsp3) is 0.714. The van der Waals surface area contributed by atoms with Crippen molar-refractivity contribution in [1.82, 2.24) is 25.9 Å². The lowest BCUT2D eigenvalue weighted by Gasteiger charge is -2.00. The van der Waals surface area contributed by atoms with Gasteiger partial charge in [0.05, 0.1) is 0 Å². The van der Waals surface area contributed by atoms with E-state index in [0.717, 1.165) is 31.5 Å². The van der Waals surface area contributed by atoms with Gasteiger partial charge in [-0.2, -0.15) is 5.21 Å². The highest BCUT2D eigenvalue weighted by atomic mass is 16.2. The van der Waals surface area contributed by atoms with Crippen molar-refractivity contribution < 1.29 is 4.79 Å². The second-order valence-corrected chi connectivity index (χ2v) is 2.93. The topological polar surface area (TPSA) is 110 Å². The van der Waals surface area contributed by atoms with Crippen LogP contribution in [-0.4, -0.2) is 33.2 Å². The maximum absolute atomic E-state index is 10.3. The first-order valence-corrected chi connectivity index (χ1v) is 4.54. The number of rotatable bonds is 6. The van der Waals surface area contributed by atoms with Gasteiger partial charge in [0.2, 0.25) is 0 Å². The summed E-state index contributed by atoms with van der Waals surface area (Å²) < 4.78 is 0. The molecule has 78 valence electrons. The Labute approximate surface area is 81.4 Å². The van der Waals surface area contributed by atoms with E-state index >= 15 is 0 Å². The molecule has 14 heavy (non-hydrogen) atoms. The van der Waals surface area contributed by atoms with E-state index in [1.54, 1.807) is 0 Å². The molecule has 7 heteroatoms. The number of hydrogen-bond acceptors (Lipinski definition) is 4. The van der Waals surface area contributed by atoms with Crippen LogP contribution in [0.3, 0.4) is 0 Å². The number of H-pyrrole nitrogens is 1. The second-order valence-electron chi connectivity index (χ2n) is 2.93. The molecule has 0 radical (unpaired) electrons. The Morgan fingerprint density at radius 3 is 2.93 bits per heavy atom. The molecule has 0 aliphatic heterocycles. The molecule has 1 rings (SSSR count). The predicted octanol–water partition coefficient (Wildman–Crippen LogP) is -0.419. The molecule has 1 aromatic heterocycles. The van der Waals surface area contributed by atoms with Gasteiger partial charge in [0.1, 0.15) is 0 Å². The van der Waals surface area contributed by atoms with Crippen molar-refractivity contribution in [2.75, 3.05) is 6.54 Å². The average Bonchev–Trinajstić information content (AvgIpc) is 2.63. The van der Waals surface area contributed by atoms with Gasteiger partial charge in [-0.15, -0.1) is 10.2 Å². The third-order valence-electron chi connectivity index (χ3n) is 1.77. The summed E-state index contributed by atoms with van der Waals surface area (Å²) in [5, 5.41) is 16.0. The standard InChI is InChI=1S/C7H14N6O/c8-7(14)9-5-3-1-2-4-6-10-12-13-11-6/h1-5H2,(H3,8,9,14)(H,10,11,12,13). The summed E-state index contributed by atoms with van der Waals surface area (Å²) in [6.45, 7) is 0.627. The van der Waals surface area contributed by atoms with Crippen LogP contribution in [0, 0.1) is 0 Å². The number of primary amides is 1. The van der Waals surface area contributed by atoms with Gasteiger partial charge in [0, 0.05) is 13.0 Å². The van der Waals surface area contributed by atoms with Gasteiger partial charge >= 0.3 is 6.03 Å². The molecule has 0 saturated carbocycles. The number of unbranched alkanes of at least 4 members (excludes halogenated alkanes) is 2. The first-order valence-electron chi connectivity index (χ1n) is 4.54. The maximum Gasteiger partial charge on any atom is 0.312 e. The van der Waals surface area contributed by atoms with Crippen molar-refractivity contribution in [2.45, 2.75) is 25.7 Å². The van der Waals surface area contributed by atoms with Gasteiger partial charge in [0.25, 0.3) is 0 Å². The zero-order valence-corrected chi connectivity index (χ0v) is 7.86. The van der Waals surface area contributed by atoms with Gasteiger partial charge < -0.3 is 11.1 Å². The highest BCUT2D eigenvalue weighted by Gasteiger charge is 1.97. The van der Waals surface area contributed by atoms with E-state index in [2.05, 4.69) is 25.9 Å². The lowest BCUT2D eigenvalue weighted by molar-refractivity contribution is 0.248. The van der Waals surface area contributed by atoms with Gasteiger partial charge in [-0.25, -0.2) is 4.79 Å². The van der Waals surface area contributed by atoms with Crippen LogP contribution < -0.4 is 11.1 Å². The van der Waals surface area contributed by atoms with Crippen LogP contribution in [0.5, 0.6) is 0 Å². The second kappa shape index (κ2) is 5.90. The van der Waals surface area contributed by atoms with E-state index in [0.29, 0.717) is 6.54 Å². The van der Waals surface area contributed by atoms with Crippen LogP contribution in [0.4, 0.5) is 4.79 Å². The zero-order valence-electron chi connectivity index (χ0n) is 7.86. The molecule has 7 nitrogen and oxygen atoms in total. The van der Waals surface area contributed by atoms with Crippen LogP contribution in [0.1, 0.15) is 25.1 Å². The Kier molecular flexibility index (Phi) is 4.39. The normalized spacial score (nSPS) is 10.0. The van der Waals surface area contributed by atoms with Crippen molar-refractivity contribution in [1.29, 1.82) is 0 Å². The van der Waals surface area contributed by atoms with Gasteiger partial charge in [-0.1, -0.05) is 11.6 Å². The summed E-state index contributed by atoms with van der Waals surface area (Å²) in [5.74, 6) is 0.730. The zero-order chi connectivity index (χ0) is 10.2. The third-order valence-corrected chi connectivity index (χ3v) is 1.77. The fourth-order valence-corrected chi connectivity index (χ4v) is 1.08. The molecule has 4 N–H and O–H groups in total. The molecule has 0 bridgehead atoms. The smallest absolute Gasteiger partial charge is 0.312 e. The number of nitrogens with one attached hydrogen (secondary N) is 2. The summed E-state index contributed by atoms with van der Waals surface area (Å²) in [7, 11) is 0. The van der Waals surface area contributed by atoms with Crippen molar-refractivity contribution in [2.24, 2.45) is 5.73 Å². The molecule has 0 saturated heterocycles. The lowest BCUT2D eigenvalue weighted by atomic mass is 10.2. The van der Waals surface area contributed by atoms with Crippen LogP contribution >= 0.6 is 0 Å². The van der Waals surface area contributed by atoms with E-state index in [9.17, 15) is 4.79 Å². The van der Waals surface area contributed by atoms with Gasteiger partial charge in [-0.05, 0) is 12.8 Å². The van der Waals surface area contributed by atoms with E-state index in [1.807, 2.05) is 0 Å². The molecule has 0 atom stereocenters. The molecule has 1 aromatic rings. The lowest BCUT2D eigenvalue weighted by Crippen LogP contribution is -2.29. The number of carbonyl (C=O) groups is 1. The highest BCUT2D eigenvalue weighted by Crippen LogP contribution is 1.99. The Bertz CT molecular complexity index is 259. The number of aryl methyl sites for hydroxylation is 1. The molecule has 0 unspecified atom stereocenters. The number of carbonyl (C=O) groups excluding carboxylic acids is 1. The molecule has 2 amide bonds. The van der Waals surface area contributed by atoms with Crippen molar-refractivity contribution in [3.63, 3.8) is 0 Å². The average molecular weight is 198 g/mol.